The average Bonchev–Trinajstić information content (AvgIpc) is 3.19. The minimum absolute atomic E-state index is 0.00390. The molecule has 150 valence electrons. The Kier molecular flexibility index (Phi) is 5.62. The van der Waals surface area contributed by atoms with Gasteiger partial charge in [-0.1, -0.05) is 36.4 Å². The van der Waals surface area contributed by atoms with Crippen LogP contribution in [0.3, 0.4) is 0 Å². The van der Waals surface area contributed by atoms with Crippen molar-refractivity contribution in [3.8, 4) is 0 Å². The van der Waals surface area contributed by atoms with Crippen LogP contribution in [0, 0.1) is 0 Å². The van der Waals surface area contributed by atoms with E-state index in [1.807, 2.05) is 72.5 Å². The van der Waals surface area contributed by atoms with Crippen LogP contribution in [0.1, 0.15) is 29.1 Å². The molecule has 4 rings (SSSR count). The molecule has 0 saturated carbocycles. The number of nitrogens with one attached hydrogen (secondary N) is 2. The molecule has 6 nitrogen and oxygen atoms in total. The van der Waals surface area contributed by atoms with E-state index in [0.29, 0.717) is 25.2 Å². The average molecular weight is 392 g/mol. The van der Waals surface area contributed by atoms with Crippen molar-refractivity contribution in [2.45, 2.75) is 13.0 Å². The zero-order valence-corrected chi connectivity index (χ0v) is 16.6. The number of furan rings is 1. The Labute approximate surface area is 170 Å². The fourth-order valence-electron chi connectivity index (χ4n) is 3.77. The van der Waals surface area contributed by atoms with E-state index in [2.05, 4.69) is 5.32 Å². The van der Waals surface area contributed by atoms with Gasteiger partial charge in [-0.2, -0.15) is 0 Å². The fraction of sp³-hybridized carbons (Fsp3) is 0.304. The number of quaternary nitrogens is 1. The van der Waals surface area contributed by atoms with Gasteiger partial charge < -0.3 is 19.5 Å². The molecular formula is C23H26N3O3+. The number of benzene rings is 2. The Morgan fingerprint density at radius 1 is 1.07 bits per heavy atom. The minimum atomic E-state index is -0.185. The fourth-order valence-corrected chi connectivity index (χ4v) is 3.77. The Morgan fingerprint density at radius 2 is 1.76 bits per heavy atom. The molecule has 0 unspecified atom stereocenters. The van der Waals surface area contributed by atoms with Crippen molar-refractivity contribution in [2.75, 3.05) is 32.7 Å². The Bertz CT molecular complexity index is 958. The molecular weight excluding hydrogens is 366 g/mol. The number of hydrogen-bond acceptors (Lipinski definition) is 3. The van der Waals surface area contributed by atoms with E-state index in [1.165, 1.54) is 4.90 Å². The zero-order chi connectivity index (χ0) is 20.2. The number of carbonyl (C=O) groups excluding carboxylic acids is 2. The third-order valence-electron chi connectivity index (χ3n) is 5.44. The second-order valence-corrected chi connectivity index (χ2v) is 7.56. The Balaban J connectivity index is 1.27. The number of nitrogens with zero attached hydrogens (tertiary/aromatic N) is 1. The number of rotatable bonds is 5. The second-order valence-electron chi connectivity index (χ2n) is 7.56. The van der Waals surface area contributed by atoms with Crippen molar-refractivity contribution >= 4 is 22.8 Å². The molecule has 1 atom stereocenters. The lowest BCUT2D eigenvalue weighted by Crippen LogP contribution is -3.15. The van der Waals surface area contributed by atoms with Crippen LogP contribution in [0.2, 0.25) is 0 Å². The van der Waals surface area contributed by atoms with Crippen LogP contribution in [0.15, 0.2) is 65.1 Å². The van der Waals surface area contributed by atoms with E-state index >= 15 is 0 Å². The van der Waals surface area contributed by atoms with Crippen LogP contribution >= 0.6 is 0 Å². The first-order valence-electron chi connectivity index (χ1n) is 10.1. The molecule has 0 spiro atoms. The summed E-state index contributed by atoms with van der Waals surface area (Å²) < 4.78 is 5.84. The van der Waals surface area contributed by atoms with Gasteiger partial charge in [-0.15, -0.1) is 0 Å². The summed E-state index contributed by atoms with van der Waals surface area (Å²) in [6, 6.07) is 19.0. The molecule has 1 aliphatic rings. The highest BCUT2D eigenvalue weighted by Gasteiger charge is 2.26. The van der Waals surface area contributed by atoms with Gasteiger partial charge >= 0.3 is 0 Å². The van der Waals surface area contributed by atoms with Crippen LogP contribution in [0.4, 0.5) is 0 Å². The molecule has 2 aromatic carbocycles. The van der Waals surface area contributed by atoms with Gasteiger partial charge in [0, 0.05) is 10.9 Å². The van der Waals surface area contributed by atoms with Gasteiger partial charge in [0.05, 0.1) is 32.2 Å². The van der Waals surface area contributed by atoms with Crippen LogP contribution in [0.25, 0.3) is 11.0 Å². The van der Waals surface area contributed by atoms with Gasteiger partial charge in [0.2, 0.25) is 0 Å². The molecule has 1 aliphatic heterocycles. The van der Waals surface area contributed by atoms with Crippen LogP contribution < -0.4 is 10.2 Å². The van der Waals surface area contributed by atoms with Gasteiger partial charge in [-0.3, -0.25) is 9.59 Å². The lowest BCUT2D eigenvalue weighted by molar-refractivity contribution is -0.896. The van der Waals surface area contributed by atoms with Crippen LogP contribution in [-0.4, -0.2) is 49.4 Å². The lowest BCUT2D eigenvalue weighted by Gasteiger charge is -2.32. The van der Waals surface area contributed by atoms with Gasteiger partial charge in [0.1, 0.15) is 11.3 Å². The van der Waals surface area contributed by atoms with Crippen LogP contribution in [0.5, 0.6) is 0 Å². The van der Waals surface area contributed by atoms with Crippen molar-refractivity contribution in [1.29, 1.82) is 0 Å². The van der Waals surface area contributed by atoms with Gasteiger partial charge in [-0.25, -0.2) is 0 Å². The second kappa shape index (κ2) is 8.49. The molecule has 1 fully saturated rings. The first kappa shape index (κ1) is 19.2. The summed E-state index contributed by atoms with van der Waals surface area (Å²) >= 11 is 0. The molecule has 2 N–H and O–H groups in total. The largest absolute Gasteiger partial charge is 0.459 e. The van der Waals surface area contributed by atoms with Crippen molar-refractivity contribution in [3.63, 3.8) is 0 Å². The number of fused-ring (bicyclic) bond motifs is 1. The third-order valence-corrected chi connectivity index (χ3v) is 5.44. The monoisotopic (exact) mass is 392 g/mol. The summed E-state index contributed by atoms with van der Waals surface area (Å²) in [5.41, 5.74) is 1.54. The summed E-state index contributed by atoms with van der Waals surface area (Å²) in [6.07, 6.45) is 0. The molecule has 1 aromatic heterocycles. The summed E-state index contributed by atoms with van der Waals surface area (Å²) in [7, 11) is 0. The SMILES string of the molecule is C[C@@H](NC(=O)C[NH+]1CCN(C(=O)c2ccccc2)CC1)c1cc2ccccc2o1. The normalized spacial score (nSPS) is 16.0. The molecule has 0 radical (unpaired) electrons. The highest BCUT2D eigenvalue weighted by atomic mass is 16.3. The zero-order valence-electron chi connectivity index (χ0n) is 16.6. The summed E-state index contributed by atoms with van der Waals surface area (Å²) in [6.45, 7) is 5.19. The predicted octanol–water partition coefficient (Wildman–Crippen LogP) is 1.65. The quantitative estimate of drug-likeness (QED) is 0.694. The Morgan fingerprint density at radius 3 is 2.48 bits per heavy atom. The van der Waals surface area contributed by atoms with Crippen molar-refractivity contribution in [2.24, 2.45) is 0 Å². The highest BCUT2D eigenvalue weighted by Crippen LogP contribution is 2.23. The number of carbonyl (C=O) groups is 2. The molecule has 0 aliphatic carbocycles. The first-order valence-corrected chi connectivity index (χ1v) is 10.1. The van der Waals surface area contributed by atoms with Gasteiger partial charge in [0.25, 0.3) is 11.8 Å². The van der Waals surface area contributed by atoms with Crippen molar-refractivity contribution < 1.29 is 18.9 Å². The summed E-state index contributed by atoms with van der Waals surface area (Å²) in [5.74, 6) is 0.816. The maximum atomic E-state index is 12.5. The predicted molar refractivity (Wildman–Crippen MR) is 111 cm³/mol. The standard InChI is InChI=1S/C23H25N3O3/c1-17(21-15-19-9-5-6-10-20(19)29-21)24-22(27)16-25-11-13-26(14-12-25)23(28)18-7-3-2-4-8-18/h2-10,15,17H,11-14,16H2,1H3,(H,24,27)/p+1/t17-/m1/s1. The van der Waals surface area contributed by atoms with E-state index in [-0.39, 0.29) is 17.9 Å². The summed E-state index contributed by atoms with van der Waals surface area (Å²) in [4.78, 5) is 28.1. The minimum Gasteiger partial charge on any atom is -0.459 e. The van der Waals surface area contributed by atoms with Gasteiger partial charge in [0.15, 0.2) is 6.54 Å². The number of hydrogen-bond donors (Lipinski definition) is 2. The van der Waals surface area contributed by atoms with Crippen LogP contribution in [-0.2, 0) is 4.79 Å². The summed E-state index contributed by atoms with van der Waals surface area (Å²) in [5, 5.41) is 4.07. The maximum Gasteiger partial charge on any atom is 0.275 e. The molecule has 29 heavy (non-hydrogen) atoms. The molecule has 0 bridgehead atoms. The van der Waals surface area contributed by atoms with Crippen molar-refractivity contribution in [3.05, 3.63) is 72.0 Å². The van der Waals surface area contributed by atoms with E-state index < -0.39 is 0 Å². The first-order chi connectivity index (χ1) is 14.1. The smallest absolute Gasteiger partial charge is 0.275 e. The van der Waals surface area contributed by atoms with E-state index in [4.69, 9.17) is 4.42 Å². The number of para-hydroxylation sites is 1. The molecule has 6 heteroatoms. The van der Waals surface area contributed by atoms with E-state index in [9.17, 15) is 9.59 Å². The maximum absolute atomic E-state index is 12.5. The highest BCUT2D eigenvalue weighted by molar-refractivity contribution is 5.94. The number of piperazine rings is 1. The molecule has 1 saturated heterocycles. The molecule has 2 heterocycles. The van der Waals surface area contributed by atoms with E-state index in [0.717, 1.165) is 29.8 Å². The topological polar surface area (TPSA) is 67.0 Å². The van der Waals surface area contributed by atoms with E-state index in [1.54, 1.807) is 0 Å². The Hall–Kier alpha value is -3.12. The van der Waals surface area contributed by atoms with Crippen molar-refractivity contribution in [1.82, 2.24) is 10.2 Å². The molecule has 2 amide bonds. The lowest BCUT2D eigenvalue weighted by atomic mass is 10.2. The molecule has 3 aromatic rings. The third kappa shape index (κ3) is 4.49. The number of amides is 2. The van der Waals surface area contributed by atoms with Gasteiger partial charge in [-0.05, 0) is 31.2 Å².